The molecule has 0 spiro atoms. The predicted molar refractivity (Wildman–Crippen MR) is 120 cm³/mol. The summed E-state index contributed by atoms with van der Waals surface area (Å²) in [7, 11) is 0. The van der Waals surface area contributed by atoms with Crippen LogP contribution in [-0.2, 0) is 0 Å². The fourth-order valence-corrected chi connectivity index (χ4v) is 4.70. The molecule has 0 bridgehead atoms. The second-order valence-corrected chi connectivity index (χ2v) is 7.98. The van der Waals surface area contributed by atoms with Crippen LogP contribution in [0.25, 0.3) is 49.7 Å². The average molecular weight is 392 g/mol. The molecule has 0 amide bonds. The van der Waals surface area contributed by atoms with E-state index in [0.717, 1.165) is 38.4 Å². The number of hydrogen-bond acceptors (Lipinski definition) is 4. The summed E-state index contributed by atoms with van der Waals surface area (Å²) >= 11 is 0. The van der Waals surface area contributed by atoms with E-state index in [2.05, 4.69) is 53.7 Å². The van der Waals surface area contributed by atoms with Gasteiger partial charge in [-0.2, -0.15) is 9.97 Å². The summed E-state index contributed by atoms with van der Waals surface area (Å²) < 4.78 is 8.53. The molecule has 6 aromatic rings. The van der Waals surface area contributed by atoms with Gasteiger partial charge in [0.15, 0.2) is 5.58 Å². The van der Waals surface area contributed by atoms with Crippen LogP contribution in [0.4, 0.5) is 0 Å². The Kier molecular flexibility index (Phi) is 3.37. The van der Waals surface area contributed by atoms with Crippen molar-refractivity contribution in [3.05, 3.63) is 71.3 Å². The molecule has 0 fully saturated rings. The van der Waals surface area contributed by atoms with Gasteiger partial charge in [-0.05, 0) is 57.0 Å². The Labute approximate surface area is 173 Å². The minimum absolute atomic E-state index is 0.623. The number of benzene rings is 3. The van der Waals surface area contributed by atoms with Crippen LogP contribution in [0.15, 0.2) is 52.9 Å². The molecule has 0 aliphatic rings. The lowest BCUT2D eigenvalue weighted by atomic mass is 10.0. The number of nitrogens with zero attached hydrogens (tertiary/aromatic N) is 4. The number of hydrogen-bond donors (Lipinski definition) is 0. The van der Waals surface area contributed by atoms with Gasteiger partial charge in [-0.1, -0.05) is 30.3 Å². The molecule has 6 rings (SSSR count). The first-order chi connectivity index (χ1) is 14.5. The van der Waals surface area contributed by atoms with Gasteiger partial charge in [0.1, 0.15) is 22.7 Å². The highest BCUT2D eigenvalue weighted by molar-refractivity contribution is 6.22. The zero-order chi connectivity index (χ0) is 20.6. The van der Waals surface area contributed by atoms with Gasteiger partial charge in [-0.15, -0.1) is 0 Å². The van der Waals surface area contributed by atoms with Crippen molar-refractivity contribution in [2.45, 2.75) is 27.7 Å². The van der Waals surface area contributed by atoms with Gasteiger partial charge in [0.25, 0.3) is 0 Å². The molecule has 0 aliphatic heterocycles. The number of aromatic nitrogens is 4. The molecule has 5 heteroatoms. The van der Waals surface area contributed by atoms with Crippen LogP contribution < -0.4 is 0 Å². The molecule has 0 saturated carbocycles. The van der Waals surface area contributed by atoms with E-state index in [-0.39, 0.29) is 0 Å². The van der Waals surface area contributed by atoms with Gasteiger partial charge in [0.2, 0.25) is 5.95 Å². The van der Waals surface area contributed by atoms with E-state index < -0.39 is 0 Å². The van der Waals surface area contributed by atoms with E-state index in [4.69, 9.17) is 14.4 Å². The lowest BCUT2D eigenvalue weighted by Crippen LogP contribution is -2.06. The SMILES string of the molecule is Cc1cc(C)c2c3ccc4c5ccccc5oc4c3n(-c3nc(C)nc(C)n3)c2c1. The number of para-hydroxylation sites is 1. The Morgan fingerprint density at radius 2 is 1.50 bits per heavy atom. The van der Waals surface area contributed by atoms with Crippen LogP contribution in [-0.4, -0.2) is 19.5 Å². The maximum Gasteiger partial charge on any atom is 0.238 e. The van der Waals surface area contributed by atoms with E-state index in [0.29, 0.717) is 17.6 Å². The largest absolute Gasteiger partial charge is 0.454 e. The Hall–Kier alpha value is -3.73. The molecular weight excluding hydrogens is 372 g/mol. The molecule has 30 heavy (non-hydrogen) atoms. The first-order valence-electron chi connectivity index (χ1n) is 10.1. The molecular formula is C25H20N4O. The molecule has 0 atom stereocenters. The van der Waals surface area contributed by atoms with Crippen LogP contribution >= 0.6 is 0 Å². The Morgan fingerprint density at radius 3 is 2.30 bits per heavy atom. The van der Waals surface area contributed by atoms with Gasteiger partial charge in [0, 0.05) is 21.5 Å². The van der Waals surface area contributed by atoms with E-state index in [9.17, 15) is 0 Å². The first-order valence-corrected chi connectivity index (χ1v) is 10.1. The fraction of sp³-hybridized carbons (Fsp3) is 0.160. The molecule has 0 saturated heterocycles. The molecule has 3 heterocycles. The van der Waals surface area contributed by atoms with Crippen molar-refractivity contribution in [1.29, 1.82) is 0 Å². The monoisotopic (exact) mass is 392 g/mol. The lowest BCUT2D eigenvalue weighted by Gasteiger charge is -2.08. The maximum atomic E-state index is 6.40. The summed E-state index contributed by atoms with van der Waals surface area (Å²) in [5.74, 6) is 2.03. The van der Waals surface area contributed by atoms with Crippen LogP contribution in [0, 0.1) is 27.7 Å². The Balaban J connectivity index is 1.92. The topological polar surface area (TPSA) is 56.7 Å². The molecule has 0 radical (unpaired) electrons. The van der Waals surface area contributed by atoms with E-state index in [1.807, 2.05) is 32.0 Å². The van der Waals surface area contributed by atoms with Crippen molar-refractivity contribution in [3.63, 3.8) is 0 Å². The molecule has 0 unspecified atom stereocenters. The second-order valence-electron chi connectivity index (χ2n) is 7.98. The Bertz CT molecular complexity index is 1620. The van der Waals surface area contributed by atoms with Crippen molar-refractivity contribution in [1.82, 2.24) is 19.5 Å². The normalized spacial score (nSPS) is 12.0. The first kappa shape index (κ1) is 17.2. The van der Waals surface area contributed by atoms with Crippen LogP contribution in [0.3, 0.4) is 0 Å². The second kappa shape index (κ2) is 5.89. The van der Waals surface area contributed by atoms with Gasteiger partial charge in [-0.3, -0.25) is 4.57 Å². The summed E-state index contributed by atoms with van der Waals surface area (Å²) in [6.45, 7) is 8.08. The quantitative estimate of drug-likeness (QED) is 0.339. The number of rotatable bonds is 1. The summed E-state index contributed by atoms with van der Waals surface area (Å²) in [4.78, 5) is 13.8. The van der Waals surface area contributed by atoms with Gasteiger partial charge >= 0.3 is 0 Å². The zero-order valence-corrected chi connectivity index (χ0v) is 17.3. The molecule has 3 aromatic carbocycles. The third-order valence-corrected chi connectivity index (χ3v) is 5.76. The third kappa shape index (κ3) is 2.26. The number of aryl methyl sites for hydroxylation is 4. The van der Waals surface area contributed by atoms with Crippen molar-refractivity contribution >= 4 is 43.7 Å². The molecule has 0 N–H and O–H groups in total. The van der Waals surface area contributed by atoms with Crippen molar-refractivity contribution in [2.75, 3.05) is 0 Å². The van der Waals surface area contributed by atoms with Crippen molar-refractivity contribution < 1.29 is 4.42 Å². The number of fused-ring (bicyclic) bond motifs is 7. The molecule has 0 aliphatic carbocycles. The van der Waals surface area contributed by atoms with E-state index in [1.165, 1.54) is 16.5 Å². The lowest BCUT2D eigenvalue weighted by molar-refractivity contribution is 0.670. The Morgan fingerprint density at radius 1 is 0.767 bits per heavy atom. The van der Waals surface area contributed by atoms with E-state index in [1.54, 1.807) is 0 Å². The van der Waals surface area contributed by atoms with Gasteiger partial charge in [-0.25, -0.2) is 4.98 Å². The minimum Gasteiger partial charge on any atom is -0.454 e. The average Bonchev–Trinajstić information content (AvgIpc) is 3.22. The van der Waals surface area contributed by atoms with Crippen molar-refractivity contribution in [2.24, 2.45) is 0 Å². The summed E-state index contributed by atoms with van der Waals surface area (Å²) in [5, 5.41) is 4.56. The van der Waals surface area contributed by atoms with Gasteiger partial charge < -0.3 is 4.42 Å². The number of furan rings is 1. The standard InChI is InChI=1S/C25H20N4O/c1-13-11-14(2)22-19-10-9-18-17-7-5-6-8-21(17)30-24(18)23(19)29(20(22)12-13)25-27-15(3)26-16(4)28-25/h5-12H,1-4H3. The van der Waals surface area contributed by atoms with Crippen LogP contribution in [0.2, 0.25) is 0 Å². The summed E-state index contributed by atoms with van der Waals surface area (Å²) in [6.07, 6.45) is 0. The molecule has 3 aromatic heterocycles. The highest BCUT2D eigenvalue weighted by Gasteiger charge is 2.21. The van der Waals surface area contributed by atoms with Crippen LogP contribution in [0.1, 0.15) is 22.8 Å². The molecule has 5 nitrogen and oxygen atoms in total. The minimum atomic E-state index is 0.623. The zero-order valence-electron chi connectivity index (χ0n) is 17.3. The maximum absolute atomic E-state index is 6.40. The van der Waals surface area contributed by atoms with Crippen LogP contribution in [0.5, 0.6) is 0 Å². The third-order valence-electron chi connectivity index (χ3n) is 5.76. The predicted octanol–water partition coefficient (Wildman–Crippen LogP) is 6.10. The molecule has 146 valence electrons. The highest BCUT2D eigenvalue weighted by atomic mass is 16.3. The summed E-state index contributed by atoms with van der Waals surface area (Å²) in [6, 6.07) is 16.9. The van der Waals surface area contributed by atoms with Crippen molar-refractivity contribution in [3.8, 4) is 5.95 Å². The smallest absolute Gasteiger partial charge is 0.238 e. The van der Waals surface area contributed by atoms with Gasteiger partial charge in [0.05, 0.1) is 5.52 Å². The highest BCUT2D eigenvalue weighted by Crippen LogP contribution is 2.40. The summed E-state index contributed by atoms with van der Waals surface area (Å²) in [5.41, 5.74) is 6.25. The van der Waals surface area contributed by atoms with E-state index >= 15 is 0 Å². The fourth-order valence-electron chi connectivity index (χ4n) is 4.70.